The van der Waals surface area contributed by atoms with Crippen molar-refractivity contribution < 1.29 is 17.6 Å². The van der Waals surface area contributed by atoms with Crippen LogP contribution in [0.25, 0.3) is 0 Å². The van der Waals surface area contributed by atoms with E-state index in [4.69, 9.17) is 23.2 Å². The Bertz CT molecular complexity index is 873. The highest BCUT2D eigenvalue weighted by Gasteiger charge is 2.21. The van der Waals surface area contributed by atoms with E-state index in [0.29, 0.717) is 21.3 Å². The predicted octanol–water partition coefficient (Wildman–Crippen LogP) is 3.53. The van der Waals surface area contributed by atoms with Gasteiger partial charge in [0.2, 0.25) is 15.9 Å². The van der Waals surface area contributed by atoms with Gasteiger partial charge < -0.3 is 5.32 Å². The maximum Gasteiger partial charge on any atom is 0.239 e. The molecular weight excluding hydrogens is 390 g/mol. The molecule has 0 fully saturated rings. The van der Waals surface area contributed by atoms with Crippen molar-refractivity contribution in [1.29, 1.82) is 0 Å². The topological polar surface area (TPSA) is 66.5 Å². The van der Waals surface area contributed by atoms with E-state index in [1.807, 2.05) is 0 Å². The van der Waals surface area contributed by atoms with Crippen molar-refractivity contribution >= 4 is 44.8 Å². The number of carbonyl (C=O) groups excluding carboxylic acids is 1. The van der Waals surface area contributed by atoms with E-state index in [1.54, 1.807) is 18.2 Å². The van der Waals surface area contributed by atoms with E-state index >= 15 is 0 Å². The standard InChI is InChI=1S/C16H15Cl2FN2O3S/c1-25(23,24)21(9-11-2-7-14(17)15(18)8-11)10-16(22)20-13-5-3-12(19)4-6-13/h2-8H,9-10H2,1H3,(H,20,22). The second kappa shape index (κ2) is 8.14. The molecule has 9 heteroatoms. The Kier molecular flexibility index (Phi) is 6.40. The van der Waals surface area contributed by atoms with Crippen LogP contribution in [0.2, 0.25) is 10.0 Å². The van der Waals surface area contributed by atoms with E-state index in [-0.39, 0.29) is 6.54 Å². The number of hydrogen-bond acceptors (Lipinski definition) is 3. The smallest absolute Gasteiger partial charge is 0.239 e. The summed E-state index contributed by atoms with van der Waals surface area (Å²) in [6, 6.07) is 9.88. The molecule has 0 spiro atoms. The summed E-state index contributed by atoms with van der Waals surface area (Å²) in [5.74, 6) is -0.979. The number of hydrogen-bond donors (Lipinski definition) is 1. The largest absolute Gasteiger partial charge is 0.325 e. The molecule has 2 rings (SSSR count). The third-order valence-corrected chi connectivity index (χ3v) is 5.20. The van der Waals surface area contributed by atoms with Crippen molar-refractivity contribution in [3.05, 3.63) is 63.9 Å². The number of halogens is 3. The maximum absolute atomic E-state index is 12.9. The van der Waals surface area contributed by atoms with Crippen molar-refractivity contribution in [2.24, 2.45) is 0 Å². The lowest BCUT2D eigenvalue weighted by Crippen LogP contribution is -2.36. The number of sulfonamides is 1. The zero-order valence-corrected chi connectivity index (χ0v) is 15.5. The molecule has 134 valence electrons. The molecular formula is C16H15Cl2FN2O3S. The molecule has 0 aliphatic rings. The van der Waals surface area contributed by atoms with Gasteiger partial charge in [-0.25, -0.2) is 12.8 Å². The van der Waals surface area contributed by atoms with E-state index in [9.17, 15) is 17.6 Å². The summed E-state index contributed by atoms with van der Waals surface area (Å²) in [6.07, 6.45) is 1.01. The Balaban J connectivity index is 2.10. The third kappa shape index (κ3) is 5.97. The van der Waals surface area contributed by atoms with Crippen LogP contribution in [0.15, 0.2) is 42.5 Å². The van der Waals surface area contributed by atoms with Crippen LogP contribution in [0.5, 0.6) is 0 Å². The molecule has 1 amide bonds. The molecule has 0 aromatic heterocycles. The number of nitrogens with one attached hydrogen (secondary N) is 1. The summed E-state index contributed by atoms with van der Waals surface area (Å²) >= 11 is 11.8. The Morgan fingerprint density at radius 1 is 1.12 bits per heavy atom. The zero-order valence-electron chi connectivity index (χ0n) is 13.2. The first-order chi connectivity index (χ1) is 11.6. The second-order valence-corrected chi connectivity index (χ2v) is 8.13. The molecule has 25 heavy (non-hydrogen) atoms. The van der Waals surface area contributed by atoms with Crippen LogP contribution in [0.3, 0.4) is 0 Å². The van der Waals surface area contributed by atoms with Gasteiger partial charge in [0.15, 0.2) is 0 Å². The average molecular weight is 405 g/mol. The molecule has 2 aromatic rings. The lowest BCUT2D eigenvalue weighted by atomic mass is 10.2. The normalized spacial score (nSPS) is 11.6. The van der Waals surface area contributed by atoms with E-state index < -0.39 is 28.3 Å². The summed E-state index contributed by atoms with van der Waals surface area (Å²) in [4.78, 5) is 12.1. The van der Waals surface area contributed by atoms with Crippen LogP contribution in [0.1, 0.15) is 5.56 Å². The minimum atomic E-state index is -3.64. The molecule has 0 radical (unpaired) electrons. The summed E-state index contributed by atoms with van der Waals surface area (Å²) in [5.41, 5.74) is 0.962. The fourth-order valence-corrected chi connectivity index (χ4v) is 3.08. The van der Waals surface area contributed by atoms with Crippen LogP contribution in [-0.2, 0) is 21.4 Å². The van der Waals surface area contributed by atoms with Crippen molar-refractivity contribution in [2.75, 3.05) is 18.1 Å². The molecule has 0 aliphatic heterocycles. The fourth-order valence-electron chi connectivity index (χ4n) is 2.03. The van der Waals surface area contributed by atoms with Crippen LogP contribution < -0.4 is 5.32 Å². The van der Waals surface area contributed by atoms with Gasteiger partial charge in [0.1, 0.15) is 5.82 Å². The number of benzene rings is 2. The van der Waals surface area contributed by atoms with Crippen molar-refractivity contribution in [3.8, 4) is 0 Å². The molecule has 0 aliphatic carbocycles. The van der Waals surface area contributed by atoms with Gasteiger partial charge in [-0.2, -0.15) is 4.31 Å². The van der Waals surface area contributed by atoms with E-state index in [0.717, 1.165) is 10.6 Å². The molecule has 0 atom stereocenters. The van der Waals surface area contributed by atoms with Crippen LogP contribution in [0, 0.1) is 5.82 Å². The Labute approximate surface area is 155 Å². The first-order valence-corrected chi connectivity index (χ1v) is 9.70. The van der Waals surface area contributed by atoms with Crippen LogP contribution in [-0.4, -0.2) is 31.4 Å². The van der Waals surface area contributed by atoms with Gasteiger partial charge >= 0.3 is 0 Å². The first-order valence-electron chi connectivity index (χ1n) is 7.09. The van der Waals surface area contributed by atoms with Gasteiger partial charge in [0, 0.05) is 12.2 Å². The number of carbonyl (C=O) groups is 1. The van der Waals surface area contributed by atoms with Gasteiger partial charge in [-0.05, 0) is 42.0 Å². The van der Waals surface area contributed by atoms with Crippen LogP contribution >= 0.6 is 23.2 Å². The van der Waals surface area contributed by atoms with Crippen molar-refractivity contribution in [2.45, 2.75) is 6.54 Å². The van der Waals surface area contributed by atoms with Gasteiger partial charge in [-0.15, -0.1) is 0 Å². The lowest BCUT2D eigenvalue weighted by molar-refractivity contribution is -0.116. The summed E-state index contributed by atoms with van der Waals surface area (Å²) < 4.78 is 37.8. The highest BCUT2D eigenvalue weighted by molar-refractivity contribution is 7.88. The fraction of sp³-hybridized carbons (Fsp3) is 0.188. The van der Waals surface area contributed by atoms with Crippen molar-refractivity contribution in [1.82, 2.24) is 4.31 Å². The van der Waals surface area contributed by atoms with E-state index in [1.165, 1.54) is 24.3 Å². The second-order valence-electron chi connectivity index (χ2n) is 5.33. The van der Waals surface area contributed by atoms with Crippen LogP contribution in [0.4, 0.5) is 10.1 Å². The third-order valence-electron chi connectivity index (χ3n) is 3.26. The quantitative estimate of drug-likeness (QED) is 0.800. The van der Waals surface area contributed by atoms with Crippen molar-refractivity contribution in [3.63, 3.8) is 0 Å². The van der Waals surface area contributed by atoms with Gasteiger partial charge in [0.05, 0.1) is 22.8 Å². The summed E-state index contributed by atoms with van der Waals surface area (Å²) in [7, 11) is -3.64. The summed E-state index contributed by atoms with van der Waals surface area (Å²) in [6.45, 7) is -0.428. The Morgan fingerprint density at radius 3 is 2.32 bits per heavy atom. The number of amides is 1. The zero-order chi connectivity index (χ0) is 18.6. The molecule has 0 bridgehead atoms. The lowest BCUT2D eigenvalue weighted by Gasteiger charge is -2.20. The highest BCUT2D eigenvalue weighted by Crippen LogP contribution is 2.23. The minimum absolute atomic E-state index is 0.0352. The molecule has 0 saturated carbocycles. The monoisotopic (exact) mass is 404 g/mol. The van der Waals surface area contributed by atoms with Gasteiger partial charge in [-0.1, -0.05) is 29.3 Å². The van der Waals surface area contributed by atoms with E-state index in [2.05, 4.69) is 5.32 Å². The van der Waals surface area contributed by atoms with Gasteiger partial charge in [-0.3, -0.25) is 4.79 Å². The van der Waals surface area contributed by atoms with Gasteiger partial charge in [0.25, 0.3) is 0 Å². The molecule has 0 unspecified atom stereocenters. The first kappa shape index (κ1) is 19.7. The Hall–Kier alpha value is -1.67. The summed E-state index contributed by atoms with van der Waals surface area (Å²) in [5, 5.41) is 3.17. The average Bonchev–Trinajstić information content (AvgIpc) is 2.51. The Morgan fingerprint density at radius 2 is 1.76 bits per heavy atom. The molecule has 1 N–H and O–H groups in total. The highest BCUT2D eigenvalue weighted by atomic mass is 35.5. The minimum Gasteiger partial charge on any atom is -0.325 e. The SMILES string of the molecule is CS(=O)(=O)N(CC(=O)Nc1ccc(F)cc1)Cc1ccc(Cl)c(Cl)c1. The number of anilines is 1. The molecule has 5 nitrogen and oxygen atoms in total. The number of nitrogens with zero attached hydrogens (tertiary/aromatic N) is 1. The molecule has 0 saturated heterocycles. The number of rotatable bonds is 6. The molecule has 0 heterocycles. The predicted molar refractivity (Wildman–Crippen MR) is 96.7 cm³/mol. The maximum atomic E-state index is 12.9. The molecule has 2 aromatic carbocycles.